The van der Waals surface area contributed by atoms with Gasteiger partial charge in [-0.2, -0.15) is 5.26 Å². The summed E-state index contributed by atoms with van der Waals surface area (Å²) in [6.07, 6.45) is 6.49. The molecular weight excluding hydrogens is 342 g/mol. The van der Waals surface area contributed by atoms with Gasteiger partial charge in [0.2, 0.25) is 5.91 Å². The molecule has 0 unspecified atom stereocenters. The van der Waals surface area contributed by atoms with E-state index < -0.39 is 6.04 Å². The van der Waals surface area contributed by atoms with Crippen molar-refractivity contribution in [3.63, 3.8) is 0 Å². The van der Waals surface area contributed by atoms with Crippen molar-refractivity contribution in [1.29, 1.82) is 5.26 Å². The van der Waals surface area contributed by atoms with Crippen molar-refractivity contribution in [2.45, 2.75) is 13.0 Å². The number of amides is 1. The van der Waals surface area contributed by atoms with Gasteiger partial charge in [0.1, 0.15) is 24.1 Å². The van der Waals surface area contributed by atoms with E-state index in [1.165, 1.54) is 6.20 Å². The van der Waals surface area contributed by atoms with Crippen LogP contribution in [0.5, 0.6) is 0 Å². The van der Waals surface area contributed by atoms with Gasteiger partial charge in [-0.05, 0) is 13.0 Å². The van der Waals surface area contributed by atoms with Crippen molar-refractivity contribution in [3.05, 3.63) is 35.9 Å². The number of nitriles is 1. The number of nitrogens with one attached hydrogen (secondary N) is 3. The average molecular weight is 356 g/mol. The Morgan fingerprint density at radius 2 is 2.28 bits per heavy atom. The molecule has 0 saturated carbocycles. The Bertz CT molecular complexity index is 963. The summed E-state index contributed by atoms with van der Waals surface area (Å²) in [5, 5.41) is 15.3. The minimum Gasteiger partial charge on any atom is -0.357 e. The molecule has 0 radical (unpaired) electrons. The maximum Gasteiger partial charge on any atom is 0.243 e. The second-order valence-corrected chi connectivity index (χ2v) is 5.72. The smallest absolute Gasteiger partial charge is 0.243 e. The number of fused-ring (bicyclic) bond motifs is 1. The van der Waals surface area contributed by atoms with E-state index in [0.717, 1.165) is 10.9 Å². The highest BCUT2D eigenvalue weighted by Gasteiger charge is 2.14. The number of nitrogens with zero attached hydrogens (tertiary/aromatic N) is 4. The lowest BCUT2D eigenvalue weighted by molar-refractivity contribution is -0.121. The second kappa shape index (κ2) is 7.15. The fourth-order valence-electron chi connectivity index (χ4n) is 2.32. The summed E-state index contributed by atoms with van der Waals surface area (Å²) in [5.41, 5.74) is 2.12. The van der Waals surface area contributed by atoms with Crippen LogP contribution in [0.2, 0.25) is 5.02 Å². The topological polar surface area (TPSA) is 119 Å². The summed E-state index contributed by atoms with van der Waals surface area (Å²) in [4.78, 5) is 27.8. The third kappa shape index (κ3) is 3.67. The number of hydrogen-bond acceptors (Lipinski definition) is 6. The van der Waals surface area contributed by atoms with Crippen LogP contribution in [0.3, 0.4) is 0 Å². The molecule has 0 spiro atoms. The first-order chi connectivity index (χ1) is 12.1. The van der Waals surface area contributed by atoms with Crippen LogP contribution in [0.1, 0.15) is 6.92 Å². The minimum absolute atomic E-state index is 0.0420. The molecule has 0 fully saturated rings. The molecule has 0 aliphatic rings. The number of aromatic amines is 1. The van der Waals surface area contributed by atoms with E-state index in [2.05, 4.69) is 30.6 Å². The number of H-pyrrole nitrogens is 1. The summed E-state index contributed by atoms with van der Waals surface area (Å²) in [6.45, 7) is 1.64. The predicted octanol–water partition coefficient (Wildman–Crippen LogP) is 2.11. The highest BCUT2D eigenvalue weighted by molar-refractivity contribution is 6.31. The lowest BCUT2D eigenvalue weighted by Crippen LogP contribution is -2.37. The van der Waals surface area contributed by atoms with Crippen molar-refractivity contribution in [2.75, 3.05) is 11.9 Å². The van der Waals surface area contributed by atoms with E-state index >= 15 is 0 Å². The van der Waals surface area contributed by atoms with Crippen molar-refractivity contribution in [2.24, 2.45) is 0 Å². The number of anilines is 1. The first kappa shape index (κ1) is 16.7. The molecule has 3 aromatic heterocycles. The van der Waals surface area contributed by atoms with Crippen LogP contribution in [0.25, 0.3) is 22.3 Å². The summed E-state index contributed by atoms with van der Waals surface area (Å²) < 4.78 is 0. The number of pyridine rings is 1. The molecule has 3 aromatic rings. The van der Waals surface area contributed by atoms with Gasteiger partial charge in [-0.15, -0.1) is 0 Å². The first-order valence-corrected chi connectivity index (χ1v) is 7.82. The number of hydrogen-bond donors (Lipinski definition) is 3. The van der Waals surface area contributed by atoms with E-state index in [4.69, 9.17) is 16.9 Å². The largest absolute Gasteiger partial charge is 0.357 e. The zero-order valence-corrected chi connectivity index (χ0v) is 14.0. The van der Waals surface area contributed by atoms with Gasteiger partial charge in [-0.1, -0.05) is 11.6 Å². The Balaban J connectivity index is 1.85. The third-order valence-corrected chi connectivity index (χ3v) is 3.71. The Hall–Kier alpha value is -3.18. The Kier molecular flexibility index (Phi) is 4.77. The van der Waals surface area contributed by atoms with Crippen LogP contribution in [0.4, 0.5) is 5.82 Å². The van der Waals surface area contributed by atoms with Gasteiger partial charge >= 0.3 is 0 Å². The molecular formula is C16H14ClN7O. The number of halogens is 1. The van der Waals surface area contributed by atoms with Gasteiger partial charge in [0.15, 0.2) is 0 Å². The Morgan fingerprint density at radius 3 is 3.08 bits per heavy atom. The third-order valence-electron chi connectivity index (χ3n) is 3.51. The molecule has 0 aromatic carbocycles. The standard InChI is InChI=1S/C16H14ClN7O/c1-9(16(25)20-3-2-18)23-14-8-19-7-13(24-14)12-6-22-15-11(12)4-10(17)5-21-15/h4-9H,3H2,1H3,(H,20,25)(H,21,22)(H,23,24)/t9-/m0/s1. The van der Waals surface area contributed by atoms with Gasteiger partial charge < -0.3 is 15.6 Å². The first-order valence-electron chi connectivity index (χ1n) is 7.44. The average Bonchev–Trinajstić information content (AvgIpc) is 3.02. The zero-order chi connectivity index (χ0) is 17.8. The number of carbonyl (C=O) groups excluding carboxylic acids is 1. The van der Waals surface area contributed by atoms with E-state index in [9.17, 15) is 4.79 Å². The van der Waals surface area contributed by atoms with E-state index in [0.29, 0.717) is 22.2 Å². The molecule has 126 valence electrons. The highest BCUT2D eigenvalue weighted by atomic mass is 35.5. The fraction of sp³-hybridized carbons (Fsp3) is 0.188. The molecule has 0 bridgehead atoms. The lowest BCUT2D eigenvalue weighted by atomic mass is 10.1. The SMILES string of the molecule is C[C@H](Nc1cncc(-c2c[nH]c3ncc(Cl)cc23)n1)C(=O)NCC#N. The van der Waals surface area contributed by atoms with Crippen LogP contribution in [-0.2, 0) is 4.79 Å². The summed E-state index contributed by atoms with van der Waals surface area (Å²) in [5.74, 6) is 0.151. The van der Waals surface area contributed by atoms with Crippen LogP contribution in [-0.4, -0.2) is 38.4 Å². The van der Waals surface area contributed by atoms with Crippen LogP contribution in [0.15, 0.2) is 30.9 Å². The molecule has 3 rings (SSSR count). The molecule has 0 aliphatic heterocycles. The molecule has 8 nitrogen and oxygen atoms in total. The quantitative estimate of drug-likeness (QED) is 0.603. The van der Waals surface area contributed by atoms with Gasteiger partial charge in [0.25, 0.3) is 0 Å². The molecule has 1 atom stereocenters. The van der Waals surface area contributed by atoms with Crippen LogP contribution < -0.4 is 10.6 Å². The van der Waals surface area contributed by atoms with Crippen molar-refractivity contribution < 1.29 is 4.79 Å². The van der Waals surface area contributed by atoms with E-state index in [1.807, 2.05) is 6.07 Å². The molecule has 9 heteroatoms. The molecule has 3 N–H and O–H groups in total. The number of aromatic nitrogens is 4. The lowest BCUT2D eigenvalue weighted by Gasteiger charge is -2.13. The Morgan fingerprint density at radius 1 is 1.44 bits per heavy atom. The van der Waals surface area contributed by atoms with E-state index in [1.54, 1.807) is 31.6 Å². The zero-order valence-electron chi connectivity index (χ0n) is 13.2. The number of carbonyl (C=O) groups is 1. The molecule has 25 heavy (non-hydrogen) atoms. The predicted molar refractivity (Wildman–Crippen MR) is 93.8 cm³/mol. The van der Waals surface area contributed by atoms with Gasteiger partial charge in [-0.25, -0.2) is 9.97 Å². The number of rotatable bonds is 5. The maximum atomic E-state index is 11.8. The molecule has 3 heterocycles. The highest BCUT2D eigenvalue weighted by Crippen LogP contribution is 2.28. The normalized spacial score (nSPS) is 11.7. The van der Waals surface area contributed by atoms with Crippen molar-refractivity contribution in [1.82, 2.24) is 25.3 Å². The second-order valence-electron chi connectivity index (χ2n) is 5.28. The van der Waals surface area contributed by atoms with Crippen LogP contribution in [0, 0.1) is 11.3 Å². The molecule has 0 aliphatic carbocycles. The maximum absolute atomic E-state index is 11.8. The summed E-state index contributed by atoms with van der Waals surface area (Å²) in [6, 6.07) is 3.10. The van der Waals surface area contributed by atoms with Gasteiger partial charge in [0.05, 0.1) is 29.2 Å². The minimum atomic E-state index is -0.558. The summed E-state index contributed by atoms with van der Waals surface area (Å²) >= 11 is 6.02. The fourth-order valence-corrected chi connectivity index (χ4v) is 2.48. The molecule has 0 saturated heterocycles. The monoisotopic (exact) mass is 355 g/mol. The van der Waals surface area contributed by atoms with Crippen molar-refractivity contribution in [3.8, 4) is 17.3 Å². The Labute approximate surface area is 148 Å². The molecule has 1 amide bonds. The van der Waals surface area contributed by atoms with Gasteiger partial charge in [0, 0.05) is 23.3 Å². The van der Waals surface area contributed by atoms with Crippen molar-refractivity contribution >= 4 is 34.4 Å². The van der Waals surface area contributed by atoms with E-state index in [-0.39, 0.29) is 12.5 Å². The van der Waals surface area contributed by atoms with Gasteiger partial charge in [-0.3, -0.25) is 9.78 Å². The summed E-state index contributed by atoms with van der Waals surface area (Å²) in [7, 11) is 0. The van der Waals surface area contributed by atoms with Crippen LogP contribution >= 0.6 is 11.6 Å².